The average molecular weight is 360 g/mol. The predicted molar refractivity (Wildman–Crippen MR) is 83.7 cm³/mol. The summed E-state index contributed by atoms with van der Waals surface area (Å²) >= 11 is 4.82. The van der Waals surface area contributed by atoms with Crippen molar-refractivity contribution >= 4 is 39.0 Å². The molecule has 5 nitrogen and oxygen atoms in total. The van der Waals surface area contributed by atoms with Gasteiger partial charge in [0, 0.05) is 22.4 Å². The fourth-order valence-corrected chi connectivity index (χ4v) is 3.52. The van der Waals surface area contributed by atoms with Crippen molar-refractivity contribution in [1.82, 2.24) is 4.90 Å². The van der Waals surface area contributed by atoms with Crippen LogP contribution in [0, 0.1) is 0 Å². The molecule has 0 saturated carbocycles. The van der Waals surface area contributed by atoms with Crippen LogP contribution in [0.3, 0.4) is 0 Å². The SMILES string of the molecule is C[C@@H]1CCCCN1C(=O)CO/N=C(/N)c1cc(Br)cs1. The van der Waals surface area contributed by atoms with Crippen LogP contribution in [0.2, 0.25) is 0 Å². The number of halogens is 1. The van der Waals surface area contributed by atoms with E-state index in [4.69, 9.17) is 10.6 Å². The van der Waals surface area contributed by atoms with Crippen molar-refractivity contribution in [2.45, 2.75) is 32.2 Å². The molecule has 1 aliphatic heterocycles. The third kappa shape index (κ3) is 3.96. The Hall–Kier alpha value is -1.08. The van der Waals surface area contributed by atoms with Gasteiger partial charge in [-0.25, -0.2) is 0 Å². The zero-order valence-electron chi connectivity index (χ0n) is 11.3. The molecule has 0 radical (unpaired) electrons. The lowest BCUT2D eigenvalue weighted by Crippen LogP contribution is -2.43. The Bertz CT molecular complexity index is 504. The summed E-state index contributed by atoms with van der Waals surface area (Å²) in [6, 6.07) is 2.15. The number of thiophene rings is 1. The molecule has 1 aromatic rings. The number of likely N-dealkylation sites (tertiary alicyclic amines) is 1. The number of piperidine rings is 1. The molecular formula is C13H18BrN3O2S. The van der Waals surface area contributed by atoms with Gasteiger partial charge in [-0.2, -0.15) is 0 Å². The molecule has 1 amide bonds. The van der Waals surface area contributed by atoms with E-state index in [9.17, 15) is 4.79 Å². The molecule has 1 aromatic heterocycles. The molecule has 2 rings (SSSR count). The molecule has 2 N–H and O–H groups in total. The van der Waals surface area contributed by atoms with Crippen molar-refractivity contribution < 1.29 is 9.63 Å². The van der Waals surface area contributed by atoms with E-state index in [2.05, 4.69) is 28.0 Å². The summed E-state index contributed by atoms with van der Waals surface area (Å²) in [5.74, 6) is 0.265. The quantitative estimate of drug-likeness (QED) is 0.510. The molecule has 0 aromatic carbocycles. The van der Waals surface area contributed by atoms with Crippen molar-refractivity contribution in [3.05, 3.63) is 20.8 Å². The van der Waals surface area contributed by atoms with Crippen molar-refractivity contribution in [2.24, 2.45) is 10.9 Å². The van der Waals surface area contributed by atoms with Gasteiger partial charge in [0.2, 0.25) is 0 Å². The fraction of sp³-hybridized carbons (Fsp3) is 0.538. The third-order valence-electron chi connectivity index (χ3n) is 3.29. The third-order valence-corrected chi connectivity index (χ3v) is 5.01. The zero-order valence-corrected chi connectivity index (χ0v) is 13.7. The second-order valence-corrected chi connectivity index (χ2v) is 6.64. The zero-order chi connectivity index (χ0) is 14.5. The highest BCUT2D eigenvalue weighted by Crippen LogP contribution is 2.19. The molecule has 0 spiro atoms. The Morgan fingerprint density at radius 1 is 1.65 bits per heavy atom. The van der Waals surface area contributed by atoms with E-state index in [1.807, 2.05) is 16.3 Å². The van der Waals surface area contributed by atoms with Crippen LogP contribution in [0.5, 0.6) is 0 Å². The van der Waals surface area contributed by atoms with Gasteiger partial charge in [-0.05, 0) is 48.2 Å². The van der Waals surface area contributed by atoms with Crippen molar-refractivity contribution in [3.63, 3.8) is 0 Å². The molecular weight excluding hydrogens is 342 g/mol. The highest BCUT2D eigenvalue weighted by molar-refractivity contribution is 9.10. The van der Waals surface area contributed by atoms with E-state index in [1.165, 1.54) is 17.8 Å². The van der Waals surface area contributed by atoms with E-state index in [0.29, 0.717) is 5.84 Å². The van der Waals surface area contributed by atoms with E-state index in [0.717, 1.165) is 28.7 Å². The summed E-state index contributed by atoms with van der Waals surface area (Å²) < 4.78 is 0.953. The van der Waals surface area contributed by atoms with E-state index in [-0.39, 0.29) is 18.6 Å². The normalized spacial score (nSPS) is 20.0. The number of amides is 1. The monoisotopic (exact) mass is 359 g/mol. The van der Waals surface area contributed by atoms with Gasteiger partial charge in [0.1, 0.15) is 0 Å². The molecule has 1 aliphatic rings. The summed E-state index contributed by atoms with van der Waals surface area (Å²) in [6.45, 7) is 2.82. The highest BCUT2D eigenvalue weighted by Gasteiger charge is 2.23. The van der Waals surface area contributed by atoms with Crippen LogP contribution in [-0.4, -0.2) is 35.8 Å². The van der Waals surface area contributed by atoms with Crippen LogP contribution in [-0.2, 0) is 9.63 Å². The van der Waals surface area contributed by atoms with Gasteiger partial charge >= 0.3 is 0 Å². The summed E-state index contributed by atoms with van der Waals surface area (Å²) in [4.78, 5) is 19.8. The summed E-state index contributed by atoms with van der Waals surface area (Å²) in [6.07, 6.45) is 3.30. The lowest BCUT2D eigenvalue weighted by atomic mass is 10.0. The first kappa shape index (κ1) is 15.3. The molecule has 2 heterocycles. The Morgan fingerprint density at radius 2 is 2.45 bits per heavy atom. The predicted octanol–water partition coefficient (Wildman–Crippen LogP) is 2.55. The van der Waals surface area contributed by atoms with Crippen molar-refractivity contribution in [3.8, 4) is 0 Å². The van der Waals surface area contributed by atoms with Gasteiger partial charge in [-0.15, -0.1) is 11.3 Å². The average Bonchev–Trinajstić information content (AvgIpc) is 2.85. The van der Waals surface area contributed by atoms with Crippen LogP contribution in [0.1, 0.15) is 31.1 Å². The van der Waals surface area contributed by atoms with Crippen LogP contribution >= 0.6 is 27.3 Å². The first-order valence-electron chi connectivity index (χ1n) is 6.57. The minimum Gasteiger partial charge on any atom is -0.384 e. The fourth-order valence-electron chi connectivity index (χ4n) is 2.20. The van der Waals surface area contributed by atoms with Gasteiger partial charge in [0.05, 0.1) is 4.88 Å². The Balaban J connectivity index is 1.84. The maximum atomic E-state index is 12.0. The molecule has 0 aliphatic carbocycles. The number of carbonyl (C=O) groups is 1. The van der Waals surface area contributed by atoms with E-state index in [1.54, 1.807) is 0 Å². The van der Waals surface area contributed by atoms with E-state index < -0.39 is 0 Å². The minimum absolute atomic E-state index is 0.0267. The van der Waals surface area contributed by atoms with Crippen LogP contribution < -0.4 is 5.73 Å². The van der Waals surface area contributed by atoms with E-state index >= 15 is 0 Å². The number of oxime groups is 1. The summed E-state index contributed by atoms with van der Waals surface area (Å²) in [5.41, 5.74) is 5.79. The van der Waals surface area contributed by atoms with Gasteiger partial charge in [0.25, 0.3) is 5.91 Å². The molecule has 1 saturated heterocycles. The largest absolute Gasteiger partial charge is 0.384 e. The van der Waals surface area contributed by atoms with Crippen LogP contribution in [0.15, 0.2) is 21.1 Å². The standard InChI is InChI=1S/C13H18BrN3O2S/c1-9-4-2-3-5-17(9)12(18)7-19-16-13(15)11-6-10(14)8-20-11/h6,8-9H,2-5,7H2,1H3,(H2,15,16)/t9-/m1/s1. The van der Waals surface area contributed by atoms with Gasteiger partial charge in [-0.1, -0.05) is 5.16 Å². The maximum absolute atomic E-state index is 12.0. The minimum atomic E-state index is -0.0580. The molecule has 0 unspecified atom stereocenters. The lowest BCUT2D eigenvalue weighted by molar-refractivity contribution is -0.139. The maximum Gasteiger partial charge on any atom is 0.263 e. The highest BCUT2D eigenvalue weighted by atomic mass is 79.9. The molecule has 1 fully saturated rings. The van der Waals surface area contributed by atoms with Crippen molar-refractivity contribution in [2.75, 3.05) is 13.2 Å². The number of hydrogen-bond donors (Lipinski definition) is 1. The topological polar surface area (TPSA) is 67.9 Å². The molecule has 1 atom stereocenters. The van der Waals surface area contributed by atoms with Crippen LogP contribution in [0.4, 0.5) is 0 Å². The molecule has 110 valence electrons. The molecule has 7 heteroatoms. The first-order valence-corrected chi connectivity index (χ1v) is 8.24. The lowest BCUT2D eigenvalue weighted by Gasteiger charge is -2.32. The number of rotatable bonds is 4. The number of nitrogens with zero attached hydrogens (tertiary/aromatic N) is 2. The number of hydrogen-bond acceptors (Lipinski definition) is 4. The summed E-state index contributed by atoms with van der Waals surface area (Å²) in [7, 11) is 0. The van der Waals surface area contributed by atoms with Crippen molar-refractivity contribution in [1.29, 1.82) is 0 Å². The van der Waals surface area contributed by atoms with Gasteiger partial charge in [0.15, 0.2) is 12.4 Å². The number of nitrogens with two attached hydrogens (primary N) is 1. The molecule has 20 heavy (non-hydrogen) atoms. The summed E-state index contributed by atoms with van der Waals surface area (Å²) in [5, 5.41) is 5.72. The second kappa shape index (κ2) is 7.08. The number of carbonyl (C=O) groups excluding carboxylic acids is 1. The van der Waals surface area contributed by atoms with Gasteiger partial charge < -0.3 is 15.5 Å². The molecule has 0 bridgehead atoms. The van der Waals surface area contributed by atoms with Crippen LogP contribution in [0.25, 0.3) is 0 Å². The van der Waals surface area contributed by atoms with Gasteiger partial charge in [-0.3, -0.25) is 4.79 Å². The Labute approximate surface area is 130 Å². The Kier molecular flexibility index (Phi) is 5.42. The first-order chi connectivity index (χ1) is 9.58. The number of amidine groups is 1. The second-order valence-electron chi connectivity index (χ2n) is 4.81. The Morgan fingerprint density at radius 3 is 3.10 bits per heavy atom. The smallest absolute Gasteiger partial charge is 0.263 e.